The van der Waals surface area contributed by atoms with Crippen LogP contribution in [0.2, 0.25) is 5.02 Å². The molecular formula is C12H19ClN2O2S2. The molecule has 0 fully saturated rings. The molecule has 1 rings (SSSR count). The number of hydrogen-bond acceptors (Lipinski definition) is 4. The third-order valence-electron chi connectivity index (χ3n) is 2.62. The Labute approximate surface area is 124 Å². The van der Waals surface area contributed by atoms with Crippen LogP contribution in [-0.4, -0.2) is 27.0 Å². The van der Waals surface area contributed by atoms with Crippen molar-refractivity contribution in [2.75, 3.05) is 18.6 Å². The highest BCUT2D eigenvalue weighted by atomic mass is 35.5. The van der Waals surface area contributed by atoms with E-state index < -0.39 is 10.0 Å². The van der Waals surface area contributed by atoms with Crippen LogP contribution in [0.15, 0.2) is 23.1 Å². The Kier molecular flexibility index (Phi) is 7.17. The van der Waals surface area contributed by atoms with Crippen LogP contribution in [0.3, 0.4) is 0 Å². The van der Waals surface area contributed by atoms with Gasteiger partial charge in [0.2, 0.25) is 10.0 Å². The van der Waals surface area contributed by atoms with Crippen LogP contribution in [0.1, 0.15) is 18.4 Å². The molecular weight excluding hydrogens is 304 g/mol. The molecule has 0 radical (unpaired) electrons. The standard InChI is InChI=1S/C12H19ClN2O2S2/c1-18-7-3-2-6-15-19(16,17)11-5-4-10(9-14)12(13)8-11/h4-5,8,15H,2-3,6-7,9,14H2,1H3. The van der Waals surface area contributed by atoms with Gasteiger partial charge in [-0.05, 0) is 42.5 Å². The summed E-state index contributed by atoms with van der Waals surface area (Å²) in [6, 6.07) is 4.61. The van der Waals surface area contributed by atoms with Gasteiger partial charge in [-0.2, -0.15) is 11.8 Å². The second-order valence-corrected chi connectivity index (χ2v) is 7.21. The van der Waals surface area contributed by atoms with Crippen molar-refractivity contribution in [3.8, 4) is 0 Å². The quantitative estimate of drug-likeness (QED) is 0.720. The fraction of sp³-hybridized carbons (Fsp3) is 0.500. The Hall–Kier alpha value is -0.270. The van der Waals surface area contributed by atoms with Crippen LogP contribution in [0.5, 0.6) is 0 Å². The topological polar surface area (TPSA) is 72.2 Å². The summed E-state index contributed by atoms with van der Waals surface area (Å²) in [7, 11) is -3.48. The van der Waals surface area contributed by atoms with Gasteiger partial charge in [-0.15, -0.1) is 0 Å². The third kappa shape index (κ3) is 5.31. The van der Waals surface area contributed by atoms with Gasteiger partial charge in [0, 0.05) is 18.1 Å². The average Bonchev–Trinajstić information content (AvgIpc) is 2.38. The van der Waals surface area contributed by atoms with Crippen molar-refractivity contribution in [1.29, 1.82) is 0 Å². The van der Waals surface area contributed by atoms with Crippen molar-refractivity contribution in [1.82, 2.24) is 4.72 Å². The van der Waals surface area contributed by atoms with Gasteiger partial charge in [0.25, 0.3) is 0 Å². The lowest BCUT2D eigenvalue weighted by atomic mass is 10.2. The number of halogens is 1. The summed E-state index contributed by atoms with van der Waals surface area (Å²) >= 11 is 7.72. The number of unbranched alkanes of at least 4 members (excludes halogenated alkanes) is 1. The summed E-state index contributed by atoms with van der Waals surface area (Å²) in [5, 5.41) is 0.382. The zero-order valence-electron chi connectivity index (χ0n) is 10.9. The van der Waals surface area contributed by atoms with Gasteiger partial charge in [-0.3, -0.25) is 0 Å². The minimum absolute atomic E-state index is 0.180. The average molecular weight is 323 g/mol. The van der Waals surface area contributed by atoms with Gasteiger partial charge >= 0.3 is 0 Å². The molecule has 1 aromatic carbocycles. The Balaban J connectivity index is 2.64. The largest absolute Gasteiger partial charge is 0.326 e. The molecule has 0 saturated heterocycles. The molecule has 4 nitrogen and oxygen atoms in total. The Morgan fingerprint density at radius 2 is 2.11 bits per heavy atom. The molecule has 0 aliphatic carbocycles. The van der Waals surface area contributed by atoms with Crippen LogP contribution in [0, 0.1) is 0 Å². The lowest BCUT2D eigenvalue weighted by molar-refractivity contribution is 0.578. The summed E-state index contributed by atoms with van der Waals surface area (Å²) in [5.41, 5.74) is 6.22. The molecule has 0 amide bonds. The molecule has 0 aliphatic rings. The second kappa shape index (κ2) is 8.11. The van der Waals surface area contributed by atoms with E-state index in [1.165, 1.54) is 12.1 Å². The summed E-state index contributed by atoms with van der Waals surface area (Å²) in [6.45, 7) is 0.737. The van der Waals surface area contributed by atoms with Crippen molar-refractivity contribution in [3.05, 3.63) is 28.8 Å². The highest BCUT2D eigenvalue weighted by Gasteiger charge is 2.14. The van der Waals surface area contributed by atoms with E-state index in [1.54, 1.807) is 17.8 Å². The fourth-order valence-corrected chi connectivity index (χ4v) is 3.44. The van der Waals surface area contributed by atoms with E-state index in [0.29, 0.717) is 18.1 Å². The van der Waals surface area contributed by atoms with E-state index >= 15 is 0 Å². The SMILES string of the molecule is CSCCCCNS(=O)(=O)c1ccc(CN)c(Cl)c1. The molecule has 0 aromatic heterocycles. The number of thioether (sulfide) groups is 1. The normalized spacial score (nSPS) is 11.7. The molecule has 0 aliphatic heterocycles. The number of sulfonamides is 1. The zero-order chi connectivity index (χ0) is 14.3. The maximum absolute atomic E-state index is 12.0. The van der Waals surface area contributed by atoms with Crippen molar-refractivity contribution >= 4 is 33.4 Å². The Morgan fingerprint density at radius 3 is 2.68 bits per heavy atom. The first kappa shape index (κ1) is 16.8. The van der Waals surface area contributed by atoms with E-state index in [9.17, 15) is 8.42 Å². The fourth-order valence-electron chi connectivity index (χ4n) is 1.52. The molecule has 19 heavy (non-hydrogen) atoms. The minimum Gasteiger partial charge on any atom is -0.326 e. The lowest BCUT2D eigenvalue weighted by Gasteiger charge is -2.08. The molecule has 7 heteroatoms. The minimum atomic E-state index is -3.48. The number of rotatable bonds is 8. The molecule has 0 atom stereocenters. The van der Waals surface area contributed by atoms with E-state index in [1.807, 2.05) is 6.26 Å². The lowest BCUT2D eigenvalue weighted by Crippen LogP contribution is -2.25. The van der Waals surface area contributed by atoms with Crippen LogP contribution in [0.4, 0.5) is 0 Å². The highest BCUT2D eigenvalue weighted by Crippen LogP contribution is 2.20. The number of nitrogens with two attached hydrogens (primary N) is 1. The second-order valence-electron chi connectivity index (χ2n) is 4.06. The number of hydrogen-bond donors (Lipinski definition) is 2. The molecule has 0 spiro atoms. The predicted molar refractivity (Wildman–Crippen MR) is 82.1 cm³/mol. The van der Waals surface area contributed by atoms with Crippen molar-refractivity contribution < 1.29 is 8.42 Å². The van der Waals surface area contributed by atoms with Crippen molar-refractivity contribution in [2.45, 2.75) is 24.3 Å². The van der Waals surface area contributed by atoms with Gasteiger partial charge in [0.1, 0.15) is 0 Å². The van der Waals surface area contributed by atoms with E-state index in [0.717, 1.165) is 24.2 Å². The molecule has 1 aromatic rings. The smallest absolute Gasteiger partial charge is 0.240 e. The van der Waals surface area contributed by atoms with Gasteiger partial charge in [0.15, 0.2) is 0 Å². The van der Waals surface area contributed by atoms with Crippen LogP contribution < -0.4 is 10.5 Å². The van der Waals surface area contributed by atoms with Crippen LogP contribution >= 0.6 is 23.4 Å². The molecule has 0 unspecified atom stereocenters. The molecule has 0 saturated carbocycles. The molecule has 108 valence electrons. The highest BCUT2D eigenvalue weighted by molar-refractivity contribution is 7.98. The van der Waals surface area contributed by atoms with E-state index in [-0.39, 0.29) is 4.90 Å². The van der Waals surface area contributed by atoms with Crippen molar-refractivity contribution in [3.63, 3.8) is 0 Å². The maximum Gasteiger partial charge on any atom is 0.240 e. The molecule has 0 heterocycles. The summed E-state index contributed by atoms with van der Waals surface area (Å²) in [6.07, 6.45) is 3.86. The summed E-state index contributed by atoms with van der Waals surface area (Å²) in [4.78, 5) is 0.180. The summed E-state index contributed by atoms with van der Waals surface area (Å²) < 4.78 is 26.6. The number of benzene rings is 1. The van der Waals surface area contributed by atoms with E-state index in [4.69, 9.17) is 17.3 Å². The zero-order valence-corrected chi connectivity index (χ0v) is 13.2. The van der Waals surface area contributed by atoms with Crippen LogP contribution in [0.25, 0.3) is 0 Å². The van der Waals surface area contributed by atoms with Gasteiger partial charge < -0.3 is 5.73 Å². The predicted octanol–water partition coefficient (Wildman–Crippen LogP) is 2.22. The monoisotopic (exact) mass is 322 g/mol. The summed E-state index contributed by atoms with van der Waals surface area (Å²) in [5.74, 6) is 1.04. The maximum atomic E-state index is 12.0. The first-order valence-electron chi connectivity index (χ1n) is 5.98. The van der Waals surface area contributed by atoms with E-state index in [2.05, 4.69) is 4.72 Å². The Bertz CT molecular complexity index is 506. The Morgan fingerprint density at radius 1 is 1.37 bits per heavy atom. The number of nitrogens with one attached hydrogen (secondary N) is 1. The van der Waals surface area contributed by atoms with Gasteiger partial charge in [0.05, 0.1) is 4.90 Å². The first-order chi connectivity index (χ1) is 9.01. The third-order valence-corrected chi connectivity index (χ3v) is 5.13. The van der Waals surface area contributed by atoms with Gasteiger partial charge in [-0.25, -0.2) is 13.1 Å². The first-order valence-corrected chi connectivity index (χ1v) is 9.24. The van der Waals surface area contributed by atoms with Gasteiger partial charge in [-0.1, -0.05) is 17.7 Å². The van der Waals surface area contributed by atoms with Crippen LogP contribution in [-0.2, 0) is 16.6 Å². The molecule has 0 bridgehead atoms. The molecule has 3 N–H and O–H groups in total. The van der Waals surface area contributed by atoms with Crippen molar-refractivity contribution in [2.24, 2.45) is 5.73 Å².